The van der Waals surface area contributed by atoms with Crippen molar-refractivity contribution >= 4 is 33.5 Å². The highest BCUT2D eigenvalue weighted by atomic mass is 16.1. The summed E-state index contributed by atoms with van der Waals surface area (Å²) in [5.41, 5.74) is 16.6. The van der Waals surface area contributed by atoms with Gasteiger partial charge in [-0.3, -0.25) is 4.79 Å². The average molecular weight is 398 g/mol. The first kappa shape index (κ1) is 19.3. The third kappa shape index (κ3) is 3.91. The number of aromatic nitrogens is 1. The minimum Gasteiger partial charge on any atom is -0.382 e. The Morgan fingerprint density at radius 2 is 1.70 bits per heavy atom. The lowest BCUT2D eigenvalue weighted by Gasteiger charge is -2.09. The molecule has 0 aliphatic carbocycles. The summed E-state index contributed by atoms with van der Waals surface area (Å²) in [6.45, 7) is 0.817. The second kappa shape index (κ2) is 8.57. The highest BCUT2D eigenvalue weighted by molar-refractivity contribution is 6.11. The predicted octanol–water partition coefficient (Wildman–Crippen LogP) is 3.80. The molecule has 0 bridgehead atoms. The maximum Gasteiger partial charge on any atom is 0.239 e. The number of nitrogens with zero attached hydrogens (tertiary/aromatic N) is 3. The second-order valence-electron chi connectivity index (χ2n) is 7.01. The second-order valence-corrected chi connectivity index (χ2v) is 7.01. The lowest BCUT2D eigenvalue weighted by atomic mass is 10.1. The Balaban J connectivity index is 1.60. The van der Waals surface area contributed by atoms with Gasteiger partial charge in [-0.05, 0) is 36.2 Å². The van der Waals surface area contributed by atoms with Crippen LogP contribution in [0.3, 0.4) is 0 Å². The molecule has 0 radical (unpaired) electrons. The molecule has 30 heavy (non-hydrogen) atoms. The summed E-state index contributed by atoms with van der Waals surface area (Å²) < 4.78 is 2.01. The molecule has 4 rings (SSSR count). The van der Waals surface area contributed by atoms with Crippen LogP contribution in [0.1, 0.15) is 11.1 Å². The molecule has 0 aliphatic heterocycles. The molecule has 4 N–H and O–H groups in total. The van der Waals surface area contributed by atoms with Gasteiger partial charge in [-0.25, -0.2) is 0 Å². The molecule has 7 nitrogen and oxygen atoms in total. The van der Waals surface area contributed by atoms with Crippen LogP contribution in [0.15, 0.2) is 83.1 Å². The van der Waals surface area contributed by atoms with Crippen molar-refractivity contribution in [2.75, 3.05) is 6.54 Å². The van der Waals surface area contributed by atoms with Crippen LogP contribution in [-0.4, -0.2) is 22.9 Å². The number of benzene rings is 3. The molecule has 0 saturated heterocycles. The molecular weight excluding hydrogens is 376 g/mol. The van der Waals surface area contributed by atoms with Crippen LogP contribution in [0, 0.1) is 5.53 Å². The van der Waals surface area contributed by atoms with Crippen molar-refractivity contribution in [1.82, 2.24) is 9.88 Å². The third-order valence-electron chi connectivity index (χ3n) is 5.11. The molecule has 1 heterocycles. The van der Waals surface area contributed by atoms with Crippen molar-refractivity contribution in [3.63, 3.8) is 0 Å². The summed E-state index contributed by atoms with van der Waals surface area (Å²) in [6, 6.07) is 23.7. The predicted molar refractivity (Wildman–Crippen MR) is 118 cm³/mol. The van der Waals surface area contributed by atoms with Gasteiger partial charge in [0.1, 0.15) is 6.54 Å². The molecule has 0 atom stereocenters. The van der Waals surface area contributed by atoms with Crippen LogP contribution in [0.5, 0.6) is 0 Å². The Hall–Kier alpha value is -4.00. The normalized spacial score (nSPS) is 11.7. The number of rotatable bonds is 7. The lowest BCUT2D eigenvalue weighted by Crippen LogP contribution is -2.29. The summed E-state index contributed by atoms with van der Waals surface area (Å²) in [6.07, 6.45) is 0.794. The molecule has 1 amide bonds. The molecule has 7 heteroatoms. The Morgan fingerprint density at radius 1 is 0.967 bits per heavy atom. The van der Waals surface area contributed by atoms with E-state index in [4.69, 9.17) is 11.3 Å². The molecule has 0 unspecified atom stereocenters. The van der Waals surface area contributed by atoms with Gasteiger partial charge in [-0.1, -0.05) is 53.8 Å². The smallest absolute Gasteiger partial charge is 0.239 e. The van der Waals surface area contributed by atoms with E-state index in [1.165, 1.54) is 5.56 Å². The van der Waals surface area contributed by atoms with Gasteiger partial charge in [0.25, 0.3) is 0 Å². The van der Waals surface area contributed by atoms with Crippen LogP contribution >= 0.6 is 0 Å². The Bertz CT molecular complexity index is 1240. The quantitative estimate of drug-likeness (QED) is 0.190. The number of nitrogens with two attached hydrogens (primary N) is 1. The van der Waals surface area contributed by atoms with E-state index in [1.54, 1.807) is 0 Å². The van der Waals surface area contributed by atoms with E-state index in [0.29, 0.717) is 12.1 Å². The molecule has 0 fully saturated rings. The first-order valence-corrected chi connectivity index (χ1v) is 9.69. The molecule has 0 spiro atoms. The summed E-state index contributed by atoms with van der Waals surface area (Å²) in [5, 5.41) is 11.6. The molecule has 150 valence electrons. The third-order valence-corrected chi connectivity index (χ3v) is 5.11. The topological polar surface area (TPSA) is 109 Å². The van der Waals surface area contributed by atoms with Crippen LogP contribution < -0.4 is 11.1 Å². The van der Waals surface area contributed by atoms with Crippen molar-refractivity contribution in [2.45, 2.75) is 13.0 Å². The van der Waals surface area contributed by atoms with Crippen molar-refractivity contribution in [3.8, 4) is 0 Å². The number of fused-ring (bicyclic) bond motifs is 3. The number of hydrogen-bond donors (Lipinski definition) is 3. The summed E-state index contributed by atoms with van der Waals surface area (Å²) >= 11 is 0. The summed E-state index contributed by atoms with van der Waals surface area (Å²) in [7, 11) is 0. The number of amides is 1. The standard InChI is InChI=1S/C23H22N6O/c24-23(27-28-25)17-10-11-21-19(14-17)18-8-4-5-9-20(18)29(21)15-22(30)26-13-12-16-6-2-1-3-7-16/h1-11,14H,12-13,15H2,(H,26,30)(H3,24,25,27). The number of para-hydroxylation sites is 1. The largest absolute Gasteiger partial charge is 0.382 e. The highest BCUT2D eigenvalue weighted by Crippen LogP contribution is 2.29. The van der Waals surface area contributed by atoms with E-state index < -0.39 is 0 Å². The van der Waals surface area contributed by atoms with Gasteiger partial charge in [0.15, 0.2) is 5.84 Å². The average Bonchev–Trinajstić information content (AvgIpc) is 3.08. The zero-order valence-corrected chi connectivity index (χ0v) is 16.4. The van der Waals surface area contributed by atoms with Gasteiger partial charge >= 0.3 is 0 Å². The van der Waals surface area contributed by atoms with E-state index >= 15 is 0 Å². The Labute approximate surface area is 173 Å². The monoisotopic (exact) mass is 398 g/mol. The highest BCUT2D eigenvalue weighted by Gasteiger charge is 2.14. The molecular formula is C23H22N6O. The van der Waals surface area contributed by atoms with E-state index in [9.17, 15) is 4.79 Å². The van der Waals surface area contributed by atoms with Crippen LogP contribution in [0.4, 0.5) is 0 Å². The van der Waals surface area contributed by atoms with Gasteiger partial charge in [-0.15, -0.1) is 5.10 Å². The number of hydrogen-bond acceptors (Lipinski definition) is 3. The van der Waals surface area contributed by atoms with E-state index in [2.05, 4.69) is 27.8 Å². The molecule has 0 aliphatic rings. The minimum absolute atomic E-state index is 0.0354. The van der Waals surface area contributed by atoms with Gasteiger partial charge in [0, 0.05) is 33.9 Å². The molecule has 1 aromatic heterocycles. The summed E-state index contributed by atoms with van der Waals surface area (Å²) in [4.78, 5) is 12.6. The molecule has 0 saturated carbocycles. The van der Waals surface area contributed by atoms with Gasteiger partial charge < -0.3 is 15.6 Å². The number of amidine groups is 1. The van der Waals surface area contributed by atoms with Crippen LogP contribution in [-0.2, 0) is 17.8 Å². The first-order chi connectivity index (χ1) is 14.7. The van der Waals surface area contributed by atoms with Crippen LogP contribution in [0.2, 0.25) is 0 Å². The Morgan fingerprint density at radius 3 is 2.50 bits per heavy atom. The van der Waals surface area contributed by atoms with Crippen LogP contribution in [0.25, 0.3) is 21.8 Å². The Kier molecular flexibility index (Phi) is 5.52. The van der Waals surface area contributed by atoms with Crippen molar-refractivity contribution in [3.05, 3.63) is 83.9 Å². The van der Waals surface area contributed by atoms with Gasteiger partial charge in [0.2, 0.25) is 5.91 Å². The van der Waals surface area contributed by atoms with E-state index in [-0.39, 0.29) is 18.3 Å². The fraction of sp³-hybridized carbons (Fsp3) is 0.130. The fourth-order valence-electron chi connectivity index (χ4n) is 3.69. The number of carbonyl (C=O) groups is 1. The lowest BCUT2D eigenvalue weighted by molar-refractivity contribution is -0.121. The van der Waals surface area contributed by atoms with Crippen molar-refractivity contribution in [1.29, 1.82) is 5.53 Å². The van der Waals surface area contributed by atoms with Crippen molar-refractivity contribution < 1.29 is 4.79 Å². The van der Waals surface area contributed by atoms with Gasteiger partial charge in [-0.2, -0.15) is 5.53 Å². The maximum absolute atomic E-state index is 12.6. The fourth-order valence-corrected chi connectivity index (χ4v) is 3.69. The van der Waals surface area contributed by atoms with E-state index in [1.807, 2.05) is 65.2 Å². The van der Waals surface area contributed by atoms with Gasteiger partial charge in [0.05, 0.1) is 0 Å². The zero-order chi connectivity index (χ0) is 20.9. The van der Waals surface area contributed by atoms with E-state index in [0.717, 1.165) is 28.2 Å². The SMILES string of the molecule is N=NN=C(N)c1ccc2c(c1)c1ccccc1n2CC(=O)NCCc1ccccc1. The maximum atomic E-state index is 12.6. The van der Waals surface area contributed by atoms with Crippen molar-refractivity contribution in [2.24, 2.45) is 16.1 Å². The molecule has 3 aromatic carbocycles. The minimum atomic E-state index is -0.0354. The number of nitrogens with one attached hydrogen (secondary N) is 2. The number of carbonyl (C=O) groups excluding carboxylic acids is 1. The summed E-state index contributed by atoms with van der Waals surface area (Å²) in [5.74, 6) is 0.147. The molecule has 4 aromatic rings. The zero-order valence-electron chi connectivity index (χ0n) is 16.4. The first-order valence-electron chi connectivity index (χ1n) is 9.69.